The quantitative estimate of drug-likeness (QED) is 0.818. The lowest BCUT2D eigenvalue weighted by atomic mass is 10.2. The highest BCUT2D eigenvalue weighted by molar-refractivity contribution is 7.91. The van der Waals surface area contributed by atoms with Gasteiger partial charge in [-0.15, -0.1) is 0 Å². The monoisotopic (exact) mass is 292 g/mol. The molecule has 1 aliphatic heterocycles. The van der Waals surface area contributed by atoms with Crippen LogP contribution in [0.2, 0.25) is 5.15 Å². The van der Waals surface area contributed by atoms with Gasteiger partial charge in [0.2, 0.25) is 0 Å². The molecule has 2 rings (SSSR count). The summed E-state index contributed by atoms with van der Waals surface area (Å²) < 4.78 is 36.0. The van der Waals surface area contributed by atoms with Crippen molar-refractivity contribution in [3.63, 3.8) is 0 Å². The van der Waals surface area contributed by atoms with Crippen LogP contribution in [0.15, 0.2) is 12.3 Å². The number of amides is 1. The van der Waals surface area contributed by atoms with E-state index in [0.717, 1.165) is 0 Å². The molecule has 0 spiro atoms. The number of halogens is 2. The molecule has 1 unspecified atom stereocenters. The van der Waals surface area contributed by atoms with Crippen LogP contribution in [-0.2, 0) is 9.84 Å². The number of nitrogens with one attached hydrogen (secondary N) is 1. The van der Waals surface area contributed by atoms with Crippen LogP contribution in [0.4, 0.5) is 4.39 Å². The molecule has 1 atom stereocenters. The van der Waals surface area contributed by atoms with E-state index < -0.39 is 27.6 Å². The molecular weight excluding hydrogens is 283 g/mol. The van der Waals surface area contributed by atoms with Crippen LogP contribution in [0.25, 0.3) is 0 Å². The van der Waals surface area contributed by atoms with Crippen molar-refractivity contribution in [1.82, 2.24) is 10.3 Å². The second-order valence-corrected chi connectivity index (χ2v) is 6.62. The summed E-state index contributed by atoms with van der Waals surface area (Å²) in [4.78, 5) is 15.2. The average molecular weight is 293 g/mol. The van der Waals surface area contributed by atoms with Crippen molar-refractivity contribution in [2.75, 3.05) is 11.5 Å². The molecule has 0 bridgehead atoms. The smallest absolute Gasteiger partial charge is 0.254 e. The minimum Gasteiger partial charge on any atom is -0.348 e. The number of carbonyl (C=O) groups excluding carboxylic acids is 1. The summed E-state index contributed by atoms with van der Waals surface area (Å²) in [6, 6.07) is 0.717. The van der Waals surface area contributed by atoms with Gasteiger partial charge >= 0.3 is 0 Å². The largest absolute Gasteiger partial charge is 0.348 e. The van der Waals surface area contributed by atoms with Gasteiger partial charge in [0.15, 0.2) is 20.8 Å². The first-order valence-electron chi connectivity index (χ1n) is 5.20. The standard InChI is InChI=1S/C10H10ClFN2O3S/c11-9-8(12)7(1-3-13-9)10(15)14-6-2-4-18(16,17)5-6/h1,3,6H,2,4-5H2,(H,14,15). The summed E-state index contributed by atoms with van der Waals surface area (Å²) in [6.45, 7) is 0. The molecule has 1 amide bonds. The van der Waals surface area contributed by atoms with Crippen LogP contribution < -0.4 is 5.32 Å². The predicted molar refractivity (Wildman–Crippen MR) is 63.7 cm³/mol. The normalized spacial score (nSPS) is 21.8. The Labute approximate surface area is 108 Å². The van der Waals surface area contributed by atoms with Crippen molar-refractivity contribution in [3.05, 3.63) is 28.8 Å². The lowest BCUT2D eigenvalue weighted by Crippen LogP contribution is -2.36. The van der Waals surface area contributed by atoms with E-state index in [-0.39, 0.29) is 22.2 Å². The maximum atomic E-state index is 13.5. The summed E-state index contributed by atoms with van der Waals surface area (Å²) in [7, 11) is -3.09. The van der Waals surface area contributed by atoms with Crippen LogP contribution in [0.3, 0.4) is 0 Å². The fourth-order valence-corrected chi connectivity index (χ4v) is 3.60. The van der Waals surface area contributed by atoms with E-state index in [1.165, 1.54) is 12.3 Å². The van der Waals surface area contributed by atoms with Gasteiger partial charge in [0.05, 0.1) is 17.1 Å². The van der Waals surface area contributed by atoms with E-state index in [4.69, 9.17) is 11.6 Å². The van der Waals surface area contributed by atoms with Crippen molar-refractivity contribution >= 4 is 27.3 Å². The Kier molecular flexibility index (Phi) is 3.54. The molecule has 0 aliphatic carbocycles. The first kappa shape index (κ1) is 13.2. The van der Waals surface area contributed by atoms with Gasteiger partial charge in [-0.05, 0) is 12.5 Å². The Morgan fingerprint density at radius 1 is 1.56 bits per heavy atom. The SMILES string of the molecule is O=C(NC1CCS(=O)(=O)C1)c1ccnc(Cl)c1F. The first-order valence-corrected chi connectivity index (χ1v) is 7.40. The van der Waals surface area contributed by atoms with Gasteiger partial charge in [-0.1, -0.05) is 11.6 Å². The molecule has 2 heterocycles. The van der Waals surface area contributed by atoms with Gasteiger partial charge in [-0.2, -0.15) is 0 Å². The molecular formula is C10H10ClFN2O3S. The number of carbonyl (C=O) groups is 1. The molecule has 8 heteroatoms. The molecule has 1 aromatic rings. The van der Waals surface area contributed by atoms with Crippen LogP contribution >= 0.6 is 11.6 Å². The van der Waals surface area contributed by atoms with Gasteiger partial charge in [0.25, 0.3) is 5.91 Å². The average Bonchev–Trinajstić information content (AvgIpc) is 2.62. The van der Waals surface area contributed by atoms with Crippen molar-refractivity contribution in [1.29, 1.82) is 0 Å². The second-order valence-electron chi connectivity index (χ2n) is 4.04. The van der Waals surface area contributed by atoms with Crippen molar-refractivity contribution in [2.45, 2.75) is 12.5 Å². The van der Waals surface area contributed by atoms with Crippen LogP contribution in [-0.4, -0.2) is 36.9 Å². The number of pyridine rings is 1. The molecule has 1 N–H and O–H groups in total. The summed E-state index contributed by atoms with van der Waals surface area (Å²) in [5, 5.41) is 2.09. The zero-order chi connectivity index (χ0) is 13.3. The third-order valence-electron chi connectivity index (χ3n) is 2.66. The van der Waals surface area contributed by atoms with Gasteiger partial charge in [-0.25, -0.2) is 17.8 Å². The highest BCUT2D eigenvalue weighted by atomic mass is 35.5. The Bertz CT molecular complexity index is 591. The molecule has 1 aliphatic rings. The minimum atomic E-state index is -3.09. The van der Waals surface area contributed by atoms with E-state index in [1.807, 2.05) is 0 Å². The Morgan fingerprint density at radius 3 is 2.89 bits per heavy atom. The molecule has 98 valence electrons. The predicted octanol–water partition coefficient (Wildman–Crippen LogP) is 0.791. The van der Waals surface area contributed by atoms with Crippen LogP contribution in [0.1, 0.15) is 16.8 Å². The summed E-state index contributed by atoms with van der Waals surface area (Å²) in [5.74, 6) is -1.66. The number of hydrogen-bond acceptors (Lipinski definition) is 4. The fourth-order valence-electron chi connectivity index (χ4n) is 1.77. The minimum absolute atomic E-state index is 0.0392. The molecule has 0 aromatic carbocycles. The summed E-state index contributed by atoms with van der Waals surface area (Å²) in [5.41, 5.74) is -0.237. The number of sulfone groups is 1. The van der Waals surface area contributed by atoms with E-state index in [0.29, 0.717) is 6.42 Å². The fraction of sp³-hybridized carbons (Fsp3) is 0.400. The van der Waals surface area contributed by atoms with E-state index in [2.05, 4.69) is 10.3 Å². The van der Waals surface area contributed by atoms with Crippen LogP contribution in [0.5, 0.6) is 0 Å². The van der Waals surface area contributed by atoms with E-state index >= 15 is 0 Å². The number of nitrogens with zero attached hydrogens (tertiary/aromatic N) is 1. The Hall–Kier alpha value is -1.21. The summed E-state index contributed by atoms with van der Waals surface area (Å²) >= 11 is 5.46. The van der Waals surface area contributed by atoms with Crippen molar-refractivity contribution in [2.24, 2.45) is 0 Å². The number of rotatable bonds is 2. The molecule has 1 saturated heterocycles. The maximum absolute atomic E-state index is 13.5. The number of hydrogen-bond donors (Lipinski definition) is 1. The maximum Gasteiger partial charge on any atom is 0.254 e. The van der Waals surface area contributed by atoms with Crippen LogP contribution in [0, 0.1) is 5.82 Å². The molecule has 1 fully saturated rings. The van der Waals surface area contributed by atoms with Crippen molar-refractivity contribution in [3.8, 4) is 0 Å². The topological polar surface area (TPSA) is 76.1 Å². The van der Waals surface area contributed by atoms with E-state index in [9.17, 15) is 17.6 Å². The summed E-state index contributed by atoms with van der Waals surface area (Å²) in [6.07, 6.45) is 1.56. The van der Waals surface area contributed by atoms with Gasteiger partial charge in [-0.3, -0.25) is 4.79 Å². The Balaban J connectivity index is 2.11. The molecule has 1 aromatic heterocycles. The third-order valence-corrected chi connectivity index (χ3v) is 4.69. The highest BCUT2D eigenvalue weighted by Gasteiger charge is 2.29. The molecule has 5 nitrogen and oxygen atoms in total. The van der Waals surface area contributed by atoms with Gasteiger partial charge < -0.3 is 5.32 Å². The molecule has 0 saturated carbocycles. The number of aromatic nitrogens is 1. The first-order chi connectivity index (χ1) is 8.39. The van der Waals surface area contributed by atoms with Crippen molar-refractivity contribution < 1.29 is 17.6 Å². The molecule has 18 heavy (non-hydrogen) atoms. The highest BCUT2D eigenvalue weighted by Crippen LogP contribution is 2.16. The lowest BCUT2D eigenvalue weighted by molar-refractivity contribution is 0.0937. The van der Waals surface area contributed by atoms with Gasteiger partial charge in [0.1, 0.15) is 0 Å². The second kappa shape index (κ2) is 4.81. The van der Waals surface area contributed by atoms with E-state index in [1.54, 1.807) is 0 Å². The van der Waals surface area contributed by atoms with Gasteiger partial charge in [0, 0.05) is 12.2 Å². The Morgan fingerprint density at radius 2 is 2.28 bits per heavy atom. The molecule has 0 radical (unpaired) electrons. The lowest BCUT2D eigenvalue weighted by Gasteiger charge is -2.11. The zero-order valence-electron chi connectivity index (χ0n) is 9.19. The zero-order valence-corrected chi connectivity index (χ0v) is 10.8. The third kappa shape index (κ3) is 2.78.